The Bertz CT molecular complexity index is 1950. The monoisotopic (exact) mass is 658 g/mol. The Kier molecular flexibility index (Phi) is 9.25. The van der Waals surface area contributed by atoms with Crippen LogP contribution in [0.2, 0.25) is 0 Å². The summed E-state index contributed by atoms with van der Waals surface area (Å²) in [6.07, 6.45) is 1.32. The first-order valence-electron chi connectivity index (χ1n) is 13.4. The summed E-state index contributed by atoms with van der Waals surface area (Å²) in [6.45, 7) is 6.11. The second kappa shape index (κ2) is 13.1. The number of ether oxygens (including phenoxy) is 2. The molecule has 3 heterocycles. The van der Waals surface area contributed by atoms with Gasteiger partial charge in [-0.25, -0.2) is 14.6 Å². The van der Waals surface area contributed by atoms with E-state index >= 15 is 0 Å². The van der Waals surface area contributed by atoms with E-state index in [1.165, 1.54) is 53.5 Å². The SMILES string of the molecule is Cc1oc(=O)oc1COP(=O)(O)c1ccc(Oc2cc(OC(C)C)cc(C(=O)N(Cc3oc(=O)oc3C)c3nccs3)c2)cc1. The van der Waals surface area contributed by atoms with E-state index < -0.39 is 31.8 Å². The molecule has 16 heteroatoms. The number of hydrogen-bond donors (Lipinski definition) is 1. The van der Waals surface area contributed by atoms with Crippen molar-refractivity contribution < 1.29 is 45.9 Å². The summed E-state index contributed by atoms with van der Waals surface area (Å²) in [4.78, 5) is 52.8. The highest BCUT2D eigenvalue weighted by atomic mass is 32.1. The van der Waals surface area contributed by atoms with Gasteiger partial charge in [0.1, 0.15) is 35.4 Å². The van der Waals surface area contributed by atoms with Crippen LogP contribution in [0.1, 0.15) is 47.2 Å². The van der Waals surface area contributed by atoms with Gasteiger partial charge in [0.05, 0.1) is 18.0 Å². The second-order valence-corrected chi connectivity index (χ2v) is 12.5. The van der Waals surface area contributed by atoms with Crippen LogP contribution in [0, 0.1) is 13.8 Å². The van der Waals surface area contributed by atoms with Gasteiger partial charge in [0.2, 0.25) is 0 Å². The number of carbonyl (C=O) groups excluding carboxylic acids is 1. The van der Waals surface area contributed by atoms with Crippen LogP contribution in [0.3, 0.4) is 0 Å². The maximum atomic E-state index is 13.9. The molecule has 2 aromatic carbocycles. The molecule has 0 spiro atoms. The Morgan fingerprint density at radius 2 is 1.60 bits per heavy atom. The summed E-state index contributed by atoms with van der Waals surface area (Å²) in [7, 11) is -4.30. The largest absolute Gasteiger partial charge is 0.519 e. The molecular weight excluding hydrogens is 631 g/mol. The normalized spacial score (nSPS) is 12.7. The average Bonchev–Trinajstić information content (AvgIpc) is 3.70. The van der Waals surface area contributed by atoms with Crippen LogP contribution in [0.25, 0.3) is 0 Å². The van der Waals surface area contributed by atoms with Crippen molar-refractivity contribution in [1.29, 1.82) is 0 Å². The smallest absolute Gasteiger partial charge is 0.491 e. The maximum absolute atomic E-state index is 13.9. The molecule has 0 fully saturated rings. The molecule has 45 heavy (non-hydrogen) atoms. The van der Waals surface area contributed by atoms with Gasteiger partial charge in [0.15, 0.2) is 16.7 Å². The van der Waals surface area contributed by atoms with Crippen molar-refractivity contribution in [2.75, 3.05) is 4.90 Å². The standard InChI is InChI=1S/C29H27N2O12PS/c1-16(2)38-21-11-19(26(32)31(27-30-9-10-45-27)14-24-17(3)39-28(33)42-24)12-22(13-21)41-20-5-7-23(8-6-20)44(35,36)37-15-25-18(4)40-29(34)43-25/h5-13,16H,14-15H2,1-4H3,(H,35,36). The molecule has 1 unspecified atom stereocenters. The number of thiazole rings is 1. The van der Waals surface area contributed by atoms with Gasteiger partial charge >= 0.3 is 19.2 Å². The summed E-state index contributed by atoms with van der Waals surface area (Å²) in [5, 5.41) is 2.03. The molecule has 1 atom stereocenters. The summed E-state index contributed by atoms with van der Waals surface area (Å²) in [6, 6.07) is 10.3. The van der Waals surface area contributed by atoms with Crippen LogP contribution in [-0.4, -0.2) is 21.9 Å². The van der Waals surface area contributed by atoms with Gasteiger partial charge in [-0.15, -0.1) is 11.3 Å². The van der Waals surface area contributed by atoms with Gasteiger partial charge in [-0.2, -0.15) is 0 Å². The molecule has 0 aliphatic carbocycles. The maximum Gasteiger partial charge on any atom is 0.519 e. The highest BCUT2D eigenvalue weighted by Crippen LogP contribution is 2.42. The van der Waals surface area contributed by atoms with Gasteiger partial charge in [0, 0.05) is 23.2 Å². The molecule has 3 aromatic heterocycles. The third-order valence-corrected chi connectivity index (χ3v) is 8.36. The Morgan fingerprint density at radius 1 is 0.956 bits per heavy atom. The molecule has 14 nitrogen and oxygen atoms in total. The van der Waals surface area contributed by atoms with Crippen molar-refractivity contribution in [1.82, 2.24) is 4.98 Å². The summed E-state index contributed by atoms with van der Waals surface area (Å²) in [5.41, 5.74) is 0.188. The van der Waals surface area contributed by atoms with Gasteiger partial charge < -0.3 is 32.0 Å². The zero-order chi connectivity index (χ0) is 32.3. The Labute approximate surface area is 258 Å². The molecule has 236 valence electrons. The van der Waals surface area contributed by atoms with Crippen molar-refractivity contribution >= 4 is 35.3 Å². The minimum atomic E-state index is -4.30. The molecule has 0 radical (unpaired) electrons. The fourth-order valence-corrected chi connectivity index (χ4v) is 5.66. The number of aromatic nitrogens is 1. The Balaban J connectivity index is 1.39. The molecule has 0 saturated carbocycles. The third-order valence-electron chi connectivity index (χ3n) is 6.14. The predicted octanol–water partition coefficient (Wildman–Crippen LogP) is 5.31. The molecule has 1 N–H and O–H groups in total. The lowest BCUT2D eigenvalue weighted by Gasteiger charge is -2.20. The lowest BCUT2D eigenvalue weighted by atomic mass is 10.1. The quantitative estimate of drug-likeness (QED) is 0.170. The Morgan fingerprint density at radius 3 is 2.18 bits per heavy atom. The van der Waals surface area contributed by atoms with Crippen molar-refractivity contribution in [2.24, 2.45) is 0 Å². The zero-order valence-electron chi connectivity index (χ0n) is 24.4. The van der Waals surface area contributed by atoms with Gasteiger partial charge in [0.25, 0.3) is 5.91 Å². The molecule has 1 amide bonds. The van der Waals surface area contributed by atoms with Crippen molar-refractivity contribution in [2.45, 2.75) is 47.0 Å². The number of carbonyl (C=O) groups is 1. The number of nitrogens with zero attached hydrogens (tertiary/aromatic N) is 2. The molecule has 0 aliphatic rings. The predicted molar refractivity (Wildman–Crippen MR) is 160 cm³/mol. The molecule has 0 bridgehead atoms. The lowest BCUT2D eigenvalue weighted by Crippen LogP contribution is -2.30. The first kappa shape index (κ1) is 31.7. The fraction of sp³-hybridized carbons (Fsp3) is 0.241. The van der Waals surface area contributed by atoms with Crippen LogP contribution in [0.15, 0.2) is 81.3 Å². The van der Waals surface area contributed by atoms with Crippen LogP contribution >= 0.6 is 18.9 Å². The molecular formula is C29H27N2O12PS. The highest BCUT2D eigenvalue weighted by molar-refractivity contribution is 7.61. The zero-order valence-corrected chi connectivity index (χ0v) is 26.1. The van der Waals surface area contributed by atoms with Crippen LogP contribution < -0.4 is 31.3 Å². The van der Waals surface area contributed by atoms with E-state index in [0.29, 0.717) is 10.9 Å². The van der Waals surface area contributed by atoms with Crippen LogP contribution in [-0.2, 0) is 22.2 Å². The number of anilines is 1. The number of aryl methyl sites for hydroxylation is 2. The number of hydrogen-bond acceptors (Lipinski definition) is 13. The molecule has 0 saturated heterocycles. The van der Waals surface area contributed by atoms with E-state index in [0.717, 1.165) is 0 Å². The van der Waals surface area contributed by atoms with E-state index in [4.69, 9.17) is 31.7 Å². The van der Waals surface area contributed by atoms with Crippen molar-refractivity contribution in [3.8, 4) is 17.2 Å². The van der Waals surface area contributed by atoms with E-state index in [1.54, 1.807) is 30.6 Å². The van der Waals surface area contributed by atoms with Crippen molar-refractivity contribution in [3.63, 3.8) is 0 Å². The first-order valence-corrected chi connectivity index (χ1v) is 15.8. The average molecular weight is 659 g/mol. The molecule has 5 rings (SSSR count). The number of rotatable bonds is 12. The van der Waals surface area contributed by atoms with E-state index in [9.17, 15) is 23.8 Å². The number of amides is 1. The Hall–Kier alpha value is -4.69. The van der Waals surface area contributed by atoms with Crippen molar-refractivity contribution in [3.05, 3.63) is 104 Å². The second-order valence-electron chi connectivity index (χ2n) is 9.82. The third kappa shape index (κ3) is 7.70. The van der Waals surface area contributed by atoms with E-state index in [2.05, 4.69) is 4.98 Å². The van der Waals surface area contributed by atoms with Gasteiger partial charge in [-0.05, 0) is 64.1 Å². The highest BCUT2D eigenvalue weighted by Gasteiger charge is 2.26. The summed E-state index contributed by atoms with van der Waals surface area (Å²) < 4.78 is 49.4. The van der Waals surface area contributed by atoms with E-state index in [-0.39, 0.29) is 58.1 Å². The van der Waals surface area contributed by atoms with Gasteiger partial charge in [-0.1, -0.05) is 0 Å². The minimum absolute atomic E-state index is 0.000883. The molecule has 5 aromatic rings. The minimum Gasteiger partial charge on any atom is -0.491 e. The summed E-state index contributed by atoms with van der Waals surface area (Å²) in [5.74, 6) is -0.884. The van der Waals surface area contributed by atoms with Crippen LogP contribution in [0.4, 0.5) is 5.13 Å². The van der Waals surface area contributed by atoms with Crippen LogP contribution in [0.5, 0.6) is 17.2 Å². The van der Waals surface area contributed by atoms with Gasteiger partial charge in [-0.3, -0.25) is 18.8 Å². The first-order chi connectivity index (χ1) is 21.4. The molecule has 0 aliphatic heterocycles. The van der Waals surface area contributed by atoms with E-state index in [1.807, 2.05) is 13.8 Å². The fourth-order valence-electron chi connectivity index (χ4n) is 4.05. The summed E-state index contributed by atoms with van der Waals surface area (Å²) >= 11 is 1.22. The topological polar surface area (TPSA) is 185 Å². The number of benzene rings is 2. The lowest BCUT2D eigenvalue weighted by molar-refractivity contribution is 0.0982.